The third-order valence-corrected chi connectivity index (χ3v) is 3.58. The number of nitrogens with one attached hydrogen (secondary N) is 1. The van der Waals surface area contributed by atoms with Crippen molar-refractivity contribution in [2.45, 2.75) is 59.7 Å². The van der Waals surface area contributed by atoms with Crippen LogP contribution < -0.4 is 5.32 Å². The molecule has 0 fully saturated rings. The third-order valence-electron chi connectivity index (χ3n) is 2.75. The smallest absolute Gasteiger partial charge is 0.410 e. The topological polar surface area (TPSA) is 54.5 Å². The Bertz CT molecular complexity index is 452. The fourth-order valence-electron chi connectivity index (χ4n) is 1.79. The molecule has 1 heterocycles. The van der Waals surface area contributed by atoms with E-state index in [2.05, 4.69) is 15.7 Å². The number of aromatic nitrogens is 1. The highest BCUT2D eigenvalue weighted by molar-refractivity contribution is 7.09. The number of thiazole rings is 1. The summed E-state index contributed by atoms with van der Waals surface area (Å²) in [6.45, 7) is 13.7. The zero-order valence-electron chi connectivity index (χ0n) is 13.9. The molecule has 0 aliphatic heterocycles. The molecule has 0 saturated carbocycles. The summed E-state index contributed by atoms with van der Waals surface area (Å²) in [5.74, 6) is 0. The molecule has 1 aromatic heterocycles. The van der Waals surface area contributed by atoms with Gasteiger partial charge in [0.1, 0.15) is 5.60 Å². The molecule has 0 bridgehead atoms. The van der Waals surface area contributed by atoms with Gasteiger partial charge < -0.3 is 15.0 Å². The lowest BCUT2D eigenvalue weighted by molar-refractivity contribution is 0.0193. The molecule has 0 saturated heterocycles. The number of carbonyl (C=O) groups is 1. The normalized spacial score (nSPS) is 11.8. The molecule has 0 aliphatic rings. The van der Waals surface area contributed by atoms with Crippen LogP contribution >= 0.6 is 11.3 Å². The Morgan fingerprint density at radius 1 is 1.48 bits per heavy atom. The van der Waals surface area contributed by atoms with Gasteiger partial charge in [-0.05, 0) is 41.5 Å². The molecule has 0 unspecified atom stereocenters. The number of aryl methyl sites for hydroxylation is 1. The summed E-state index contributed by atoms with van der Waals surface area (Å²) < 4.78 is 5.43. The van der Waals surface area contributed by atoms with Gasteiger partial charge in [0.15, 0.2) is 0 Å². The first-order chi connectivity index (χ1) is 9.69. The second kappa shape index (κ2) is 7.75. The highest BCUT2D eigenvalue weighted by Crippen LogP contribution is 2.11. The Labute approximate surface area is 131 Å². The Morgan fingerprint density at radius 2 is 2.14 bits per heavy atom. The lowest BCUT2D eigenvalue weighted by atomic mass is 10.2. The van der Waals surface area contributed by atoms with E-state index in [1.54, 1.807) is 16.2 Å². The molecule has 5 nitrogen and oxygen atoms in total. The summed E-state index contributed by atoms with van der Waals surface area (Å²) in [5, 5.41) is 6.44. The van der Waals surface area contributed by atoms with Crippen molar-refractivity contribution in [2.75, 3.05) is 13.1 Å². The molecule has 0 radical (unpaired) electrons. The number of rotatable bonds is 6. The van der Waals surface area contributed by atoms with Crippen molar-refractivity contribution >= 4 is 17.4 Å². The van der Waals surface area contributed by atoms with Crippen molar-refractivity contribution in [3.05, 3.63) is 16.1 Å². The van der Waals surface area contributed by atoms with E-state index in [-0.39, 0.29) is 12.1 Å². The van der Waals surface area contributed by atoms with Gasteiger partial charge in [-0.2, -0.15) is 0 Å². The summed E-state index contributed by atoms with van der Waals surface area (Å²) in [7, 11) is 0. The van der Waals surface area contributed by atoms with E-state index < -0.39 is 5.60 Å². The second-order valence-electron chi connectivity index (χ2n) is 6.30. The quantitative estimate of drug-likeness (QED) is 0.820. The van der Waals surface area contributed by atoms with Crippen LogP contribution in [0, 0.1) is 6.92 Å². The van der Waals surface area contributed by atoms with Crippen LogP contribution in [0.3, 0.4) is 0 Å². The maximum absolute atomic E-state index is 12.1. The molecule has 1 aromatic rings. The van der Waals surface area contributed by atoms with Crippen molar-refractivity contribution in [3.8, 4) is 0 Å². The zero-order chi connectivity index (χ0) is 16.0. The van der Waals surface area contributed by atoms with E-state index in [0.29, 0.717) is 13.1 Å². The molecule has 0 aliphatic carbocycles. The lowest BCUT2D eigenvalue weighted by Crippen LogP contribution is -2.44. The molecule has 1 amide bonds. The summed E-state index contributed by atoms with van der Waals surface area (Å²) in [4.78, 5) is 18.3. The molecule has 1 rings (SSSR count). The molecule has 0 aromatic carbocycles. The average molecular weight is 313 g/mol. The maximum atomic E-state index is 12.1. The molecule has 0 spiro atoms. The van der Waals surface area contributed by atoms with Crippen LogP contribution in [-0.4, -0.2) is 40.7 Å². The molecular formula is C15H27N3O2S. The number of amides is 1. The van der Waals surface area contributed by atoms with Crippen LogP contribution in [0.5, 0.6) is 0 Å². The van der Waals surface area contributed by atoms with Crippen LogP contribution in [0.15, 0.2) is 5.38 Å². The molecule has 1 N–H and O–H groups in total. The van der Waals surface area contributed by atoms with Gasteiger partial charge in [0.05, 0.1) is 10.7 Å². The standard InChI is InChI=1S/C15H27N3O2S/c1-11(2)18(14(19)20-15(4,5)6)8-7-16-9-13-10-21-12(3)17-13/h10-11,16H,7-9H2,1-6H3. The van der Waals surface area contributed by atoms with Gasteiger partial charge in [-0.25, -0.2) is 9.78 Å². The number of ether oxygens (including phenoxy) is 1. The molecule has 6 heteroatoms. The predicted octanol–water partition coefficient (Wildman–Crippen LogP) is 3.19. The molecular weight excluding hydrogens is 286 g/mol. The van der Waals surface area contributed by atoms with E-state index in [0.717, 1.165) is 17.2 Å². The summed E-state index contributed by atoms with van der Waals surface area (Å²) in [5.41, 5.74) is 0.585. The van der Waals surface area contributed by atoms with Crippen molar-refractivity contribution in [1.82, 2.24) is 15.2 Å². The van der Waals surface area contributed by atoms with Gasteiger partial charge in [-0.15, -0.1) is 11.3 Å². The Balaban J connectivity index is 2.39. The first-order valence-corrected chi connectivity index (χ1v) is 8.18. The van der Waals surface area contributed by atoms with Gasteiger partial charge in [-0.3, -0.25) is 0 Å². The second-order valence-corrected chi connectivity index (χ2v) is 7.36. The minimum absolute atomic E-state index is 0.114. The van der Waals surface area contributed by atoms with Crippen LogP contribution in [0.2, 0.25) is 0 Å². The Hall–Kier alpha value is -1.14. The molecule has 21 heavy (non-hydrogen) atoms. The van der Waals surface area contributed by atoms with Gasteiger partial charge in [0.2, 0.25) is 0 Å². The Kier molecular flexibility index (Phi) is 6.61. The van der Waals surface area contributed by atoms with E-state index in [1.807, 2.05) is 41.5 Å². The van der Waals surface area contributed by atoms with Crippen molar-refractivity contribution in [3.63, 3.8) is 0 Å². The fourth-order valence-corrected chi connectivity index (χ4v) is 2.40. The van der Waals surface area contributed by atoms with E-state index >= 15 is 0 Å². The van der Waals surface area contributed by atoms with Crippen molar-refractivity contribution in [2.24, 2.45) is 0 Å². The van der Waals surface area contributed by atoms with E-state index in [9.17, 15) is 4.79 Å². The molecule has 120 valence electrons. The van der Waals surface area contributed by atoms with Crippen LogP contribution in [0.4, 0.5) is 4.79 Å². The summed E-state index contributed by atoms with van der Waals surface area (Å²) in [6, 6.07) is 0.114. The minimum atomic E-state index is -0.463. The van der Waals surface area contributed by atoms with Gasteiger partial charge >= 0.3 is 6.09 Å². The largest absolute Gasteiger partial charge is 0.444 e. The fraction of sp³-hybridized carbons (Fsp3) is 0.733. The highest BCUT2D eigenvalue weighted by atomic mass is 32.1. The lowest BCUT2D eigenvalue weighted by Gasteiger charge is -2.30. The number of nitrogens with zero attached hydrogens (tertiary/aromatic N) is 2. The first kappa shape index (κ1) is 17.9. The van der Waals surface area contributed by atoms with Gasteiger partial charge in [-0.1, -0.05) is 0 Å². The monoisotopic (exact) mass is 313 g/mol. The minimum Gasteiger partial charge on any atom is -0.444 e. The first-order valence-electron chi connectivity index (χ1n) is 7.30. The number of hydrogen-bond acceptors (Lipinski definition) is 5. The summed E-state index contributed by atoms with van der Waals surface area (Å²) in [6.07, 6.45) is -0.260. The van der Waals surface area contributed by atoms with E-state index in [4.69, 9.17) is 4.74 Å². The van der Waals surface area contributed by atoms with Gasteiger partial charge in [0.25, 0.3) is 0 Å². The highest BCUT2D eigenvalue weighted by Gasteiger charge is 2.23. The van der Waals surface area contributed by atoms with Crippen LogP contribution in [-0.2, 0) is 11.3 Å². The maximum Gasteiger partial charge on any atom is 0.410 e. The van der Waals surface area contributed by atoms with Gasteiger partial charge in [0, 0.05) is 31.1 Å². The SMILES string of the molecule is Cc1nc(CNCCN(C(=O)OC(C)(C)C)C(C)C)cs1. The van der Waals surface area contributed by atoms with Crippen molar-refractivity contribution in [1.29, 1.82) is 0 Å². The van der Waals surface area contributed by atoms with Crippen LogP contribution in [0.1, 0.15) is 45.3 Å². The Morgan fingerprint density at radius 3 is 2.62 bits per heavy atom. The average Bonchev–Trinajstić information content (AvgIpc) is 2.71. The number of hydrogen-bond donors (Lipinski definition) is 1. The molecule has 0 atom stereocenters. The predicted molar refractivity (Wildman–Crippen MR) is 86.6 cm³/mol. The summed E-state index contributed by atoms with van der Waals surface area (Å²) >= 11 is 1.65. The third kappa shape index (κ3) is 6.91. The van der Waals surface area contributed by atoms with E-state index in [1.165, 1.54) is 0 Å². The van der Waals surface area contributed by atoms with Crippen LogP contribution in [0.25, 0.3) is 0 Å². The van der Waals surface area contributed by atoms with Crippen molar-refractivity contribution < 1.29 is 9.53 Å². The number of carbonyl (C=O) groups excluding carboxylic acids is 1. The zero-order valence-corrected chi connectivity index (χ0v) is 14.7.